The summed E-state index contributed by atoms with van der Waals surface area (Å²) in [5, 5.41) is 5.19. The van der Waals surface area contributed by atoms with Crippen molar-refractivity contribution in [2.24, 2.45) is 0 Å². The molecule has 0 saturated carbocycles. The molecular formula is C21H24N2O7. The third-order valence-corrected chi connectivity index (χ3v) is 4.48. The molecule has 0 aromatic heterocycles. The highest BCUT2D eigenvalue weighted by Crippen LogP contribution is 2.31. The van der Waals surface area contributed by atoms with Gasteiger partial charge in [0.15, 0.2) is 11.5 Å². The van der Waals surface area contributed by atoms with Gasteiger partial charge in [-0.15, -0.1) is 0 Å². The number of hydrogen-bond acceptors (Lipinski definition) is 7. The van der Waals surface area contributed by atoms with E-state index in [4.69, 9.17) is 18.9 Å². The van der Waals surface area contributed by atoms with Crippen LogP contribution in [0, 0.1) is 0 Å². The van der Waals surface area contributed by atoms with Crippen molar-refractivity contribution >= 4 is 24.0 Å². The molecule has 9 nitrogen and oxygen atoms in total. The van der Waals surface area contributed by atoms with Crippen LogP contribution >= 0.6 is 0 Å². The molecule has 0 aliphatic carbocycles. The van der Waals surface area contributed by atoms with Crippen molar-refractivity contribution in [2.75, 3.05) is 26.4 Å². The molecule has 1 aromatic rings. The fourth-order valence-electron chi connectivity index (χ4n) is 3.09. The first kappa shape index (κ1) is 21.2. The van der Waals surface area contributed by atoms with Crippen LogP contribution in [0.2, 0.25) is 0 Å². The number of urea groups is 1. The van der Waals surface area contributed by atoms with Crippen LogP contribution < -0.4 is 20.1 Å². The quantitative estimate of drug-likeness (QED) is 0.516. The topological polar surface area (TPSA) is 112 Å². The predicted octanol–water partition coefficient (Wildman–Crippen LogP) is 1.92. The Kier molecular flexibility index (Phi) is 6.95. The summed E-state index contributed by atoms with van der Waals surface area (Å²) in [5.41, 5.74) is 1.21. The third-order valence-electron chi connectivity index (χ3n) is 4.48. The van der Waals surface area contributed by atoms with Crippen LogP contribution in [0.3, 0.4) is 0 Å². The van der Waals surface area contributed by atoms with Gasteiger partial charge in [-0.1, -0.05) is 13.0 Å². The van der Waals surface area contributed by atoms with Crippen molar-refractivity contribution in [2.45, 2.75) is 26.3 Å². The predicted molar refractivity (Wildman–Crippen MR) is 107 cm³/mol. The van der Waals surface area contributed by atoms with Crippen LogP contribution in [0.15, 0.2) is 35.5 Å². The van der Waals surface area contributed by atoms with Crippen molar-refractivity contribution in [3.05, 3.63) is 41.1 Å². The molecule has 0 radical (unpaired) electrons. The molecule has 2 N–H and O–H groups in total. The monoisotopic (exact) mass is 416 g/mol. The Morgan fingerprint density at radius 1 is 1.17 bits per heavy atom. The van der Waals surface area contributed by atoms with Crippen LogP contribution in [0.4, 0.5) is 4.79 Å². The van der Waals surface area contributed by atoms with E-state index in [2.05, 4.69) is 10.6 Å². The zero-order valence-corrected chi connectivity index (χ0v) is 16.9. The Balaban J connectivity index is 1.67. The van der Waals surface area contributed by atoms with Gasteiger partial charge in [-0.2, -0.15) is 0 Å². The maximum Gasteiger partial charge on any atom is 0.338 e. The Labute approximate surface area is 174 Å². The van der Waals surface area contributed by atoms with E-state index in [1.54, 1.807) is 31.2 Å². The summed E-state index contributed by atoms with van der Waals surface area (Å²) in [6.07, 6.45) is 3.33. The molecule has 3 rings (SSSR count). The highest BCUT2D eigenvalue weighted by Gasteiger charge is 2.31. The molecule has 0 saturated heterocycles. The van der Waals surface area contributed by atoms with Gasteiger partial charge in [0.25, 0.3) is 0 Å². The lowest BCUT2D eigenvalue weighted by molar-refractivity contribution is -0.140. The second kappa shape index (κ2) is 9.82. The molecular weight excluding hydrogens is 392 g/mol. The highest BCUT2D eigenvalue weighted by molar-refractivity contribution is 5.95. The second-order valence-electron chi connectivity index (χ2n) is 6.52. The van der Waals surface area contributed by atoms with Crippen LogP contribution in [-0.4, -0.2) is 50.4 Å². The summed E-state index contributed by atoms with van der Waals surface area (Å²) >= 11 is 0. The molecule has 2 aliphatic heterocycles. The van der Waals surface area contributed by atoms with Crippen molar-refractivity contribution in [3.8, 4) is 11.5 Å². The number of hydrogen-bond donors (Lipinski definition) is 2. The summed E-state index contributed by atoms with van der Waals surface area (Å²) in [7, 11) is 0. The molecule has 2 heterocycles. The van der Waals surface area contributed by atoms with Crippen molar-refractivity contribution in [3.63, 3.8) is 0 Å². The Hall–Kier alpha value is -3.49. The zero-order chi connectivity index (χ0) is 21.5. The molecule has 30 heavy (non-hydrogen) atoms. The van der Waals surface area contributed by atoms with Crippen molar-refractivity contribution in [1.29, 1.82) is 0 Å². The van der Waals surface area contributed by atoms with Gasteiger partial charge in [-0.3, -0.25) is 0 Å². The lowest BCUT2D eigenvalue weighted by Crippen LogP contribution is -2.51. The maximum atomic E-state index is 12.3. The molecule has 2 amide bonds. The Morgan fingerprint density at radius 2 is 1.93 bits per heavy atom. The standard InChI is InChI=1S/C21H24N2O7/c1-3-14-19(20(25)27-4-2)15(23-21(26)22-14)12-30-18(24)8-6-13-5-7-16-17(11-13)29-10-9-28-16/h5-8,11,14H,3-4,9-10,12H2,1-2H3,(H2,22,23,26)/b8-6+/t14-/m0/s1. The van der Waals surface area contributed by atoms with E-state index >= 15 is 0 Å². The largest absolute Gasteiger partial charge is 0.486 e. The first-order valence-corrected chi connectivity index (χ1v) is 9.74. The van der Waals surface area contributed by atoms with Gasteiger partial charge < -0.3 is 29.6 Å². The maximum absolute atomic E-state index is 12.3. The van der Waals surface area contributed by atoms with Gasteiger partial charge in [-0.05, 0) is 37.1 Å². The van der Waals surface area contributed by atoms with E-state index in [0.29, 0.717) is 31.1 Å². The van der Waals surface area contributed by atoms with Crippen molar-refractivity contribution in [1.82, 2.24) is 10.6 Å². The van der Waals surface area contributed by atoms with Gasteiger partial charge in [0.1, 0.15) is 19.8 Å². The lowest BCUT2D eigenvalue weighted by Gasteiger charge is -2.28. The fraction of sp³-hybridized carbons (Fsp3) is 0.381. The van der Waals surface area contributed by atoms with Crippen LogP contribution in [0.1, 0.15) is 25.8 Å². The minimum Gasteiger partial charge on any atom is -0.486 e. The zero-order valence-electron chi connectivity index (χ0n) is 16.9. The summed E-state index contributed by atoms with van der Waals surface area (Å²) < 4.78 is 21.3. The Morgan fingerprint density at radius 3 is 2.67 bits per heavy atom. The summed E-state index contributed by atoms with van der Waals surface area (Å²) in [6, 6.07) is 4.34. The summed E-state index contributed by atoms with van der Waals surface area (Å²) in [5.74, 6) is 0.0895. The molecule has 0 fully saturated rings. The van der Waals surface area contributed by atoms with Gasteiger partial charge in [-0.25, -0.2) is 14.4 Å². The van der Waals surface area contributed by atoms with Crippen LogP contribution in [0.5, 0.6) is 11.5 Å². The van der Waals surface area contributed by atoms with E-state index in [0.717, 1.165) is 5.56 Å². The number of ether oxygens (including phenoxy) is 4. The number of nitrogens with one attached hydrogen (secondary N) is 2. The molecule has 0 spiro atoms. The smallest absolute Gasteiger partial charge is 0.338 e. The molecule has 1 atom stereocenters. The van der Waals surface area contributed by atoms with E-state index in [1.807, 2.05) is 6.92 Å². The fourth-order valence-corrected chi connectivity index (χ4v) is 3.09. The molecule has 0 bridgehead atoms. The number of carbonyl (C=O) groups excluding carboxylic acids is 3. The van der Waals surface area contributed by atoms with Gasteiger partial charge in [0.05, 0.1) is 23.9 Å². The average molecular weight is 416 g/mol. The van der Waals surface area contributed by atoms with Crippen LogP contribution in [-0.2, 0) is 19.1 Å². The minimum atomic E-state index is -0.624. The molecule has 9 heteroatoms. The first-order chi connectivity index (χ1) is 14.5. The van der Waals surface area contributed by atoms with Crippen molar-refractivity contribution < 1.29 is 33.3 Å². The van der Waals surface area contributed by atoms with E-state index in [9.17, 15) is 14.4 Å². The van der Waals surface area contributed by atoms with E-state index < -0.39 is 24.0 Å². The number of amides is 2. The van der Waals surface area contributed by atoms with Crippen LogP contribution in [0.25, 0.3) is 6.08 Å². The molecule has 1 aromatic carbocycles. The highest BCUT2D eigenvalue weighted by atomic mass is 16.6. The van der Waals surface area contributed by atoms with Gasteiger partial charge in [0.2, 0.25) is 0 Å². The average Bonchev–Trinajstić information content (AvgIpc) is 2.75. The van der Waals surface area contributed by atoms with Gasteiger partial charge in [0, 0.05) is 6.08 Å². The summed E-state index contributed by atoms with van der Waals surface area (Å²) in [4.78, 5) is 36.3. The van der Waals surface area contributed by atoms with Gasteiger partial charge >= 0.3 is 18.0 Å². The number of benzene rings is 1. The Bertz CT molecular complexity index is 891. The second-order valence-corrected chi connectivity index (χ2v) is 6.52. The normalized spacial score (nSPS) is 17.9. The SMILES string of the molecule is CCOC(=O)C1=C(COC(=O)/C=C/c2ccc3c(c2)OCCO3)NC(=O)N[C@H]1CC. The minimum absolute atomic E-state index is 0.193. The summed E-state index contributed by atoms with van der Waals surface area (Å²) in [6.45, 7) is 4.43. The third kappa shape index (κ3) is 5.11. The molecule has 160 valence electrons. The first-order valence-electron chi connectivity index (χ1n) is 9.74. The molecule has 2 aliphatic rings. The lowest BCUT2D eigenvalue weighted by atomic mass is 10.0. The number of fused-ring (bicyclic) bond motifs is 1. The molecule has 0 unspecified atom stereocenters. The number of carbonyl (C=O) groups is 3. The number of esters is 2. The number of rotatable bonds is 7. The van der Waals surface area contributed by atoms with E-state index in [1.165, 1.54) is 6.08 Å². The van der Waals surface area contributed by atoms with E-state index in [-0.39, 0.29) is 24.5 Å².